The van der Waals surface area contributed by atoms with Crippen LogP contribution in [0.1, 0.15) is 28.4 Å². The smallest absolute Gasteiger partial charge is 0.254 e. The summed E-state index contributed by atoms with van der Waals surface area (Å²) in [5.74, 6) is 0.167. The van der Waals surface area contributed by atoms with Gasteiger partial charge in [-0.3, -0.25) is 4.79 Å². The number of carbonyl (C=O) groups excluding carboxylic acids is 1. The molecule has 1 aliphatic rings. The molecule has 1 heterocycles. The fourth-order valence-electron chi connectivity index (χ4n) is 1.56. The van der Waals surface area contributed by atoms with Crippen molar-refractivity contribution in [2.24, 2.45) is 0 Å². The number of hydrogen-bond acceptors (Lipinski definition) is 1. The normalized spacial score (nSPS) is 19.6. The highest BCUT2D eigenvalue weighted by atomic mass is 16.2. The fraction of sp³-hybridized carbons (Fsp3) is 0.417. The average Bonchev–Trinajstić information content (AvgIpc) is 2.86. The molecule has 0 radical (unpaired) electrons. The van der Waals surface area contributed by atoms with E-state index in [2.05, 4.69) is 13.8 Å². The Morgan fingerprint density at radius 3 is 2.50 bits per heavy atom. The second kappa shape index (κ2) is 3.12. The summed E-state index contributed by atoms with van der Waals surface area (Å²) in [5, 5.41) is 0. The molecule has 0 saturated carbocycles. The molecule has 14 heavy (non-hydrogen) atoms. The van der Waals surface area contributed by atoms with Crippen LogP contribution in [0.25, 0.3) is 0 Å². The Morgan fingerprint density at radius 1 is 1.36 bits per heavy atom. The Bertz CT molecular complexity index is 384. The van der Waals surface area contributed by atoms with E-state index >= 15 is 0 Å². The van der Waals surface area contributed by atoms with Gasteiger partial charge in [-0.15, -0.1) is 0 Å². The largest absolute Gasteiger partial charge is 0.332 e. The first kappa shape index (κ1) is 9.25. The Morgan fingerprint density at radius 2 is 2.00 bits per heavy atom. The third-order valence-electron chi connectivity index (χ3n) is 2.87. The SMILES string of the molecule is Cc1ccc(C(=O)N2CC2C)cc1C. The number of nitrogens with zero attached hydrogens (tertiary/aromatic N) is 1. The molecule has 1 aromatic rings. The first-order chi connectivity index (χ1) is 6.59. The summed E-state index contributed by atoms with van der Waals surface area (Å²) < 4.78 is 0. The van der Waals surface area contributed by atoms with E-state index in [4.69, 9.17) is 0 Å². The van der Waals surface area contributed by atoms with Crippen molar-refractivity contribution in [1.82, 2.24) is 4.90 Å². The number of hydrogen-bond donors (Lipinski definition) is 0. The van der Waals surface area contributed by atoms with Gasteiger partial charge in [0.25, 0.3) is 5.91 Å². The minimum Gasteiger partial charge on any atom is -0.332 e. The van der Waals surface area contributed by atoms with Crippen LogP contribution in [-0.2, 0) is 0 Å². The van der Waals surface area contributed by atoms with E-state index in [9.17, 15) is 4.79 Å². The number of rotatable bonds is 1. The molecule has 0 spiro atoms. The van der Waals surface area contributed by atoms with Crippen LogP contribution in [0.3, 0.4) is 0 Å². The first-order valence-electron chi connectivity index (χ1n) is 4.98. The molecule has 1 amide bonds. The molecule has 2 heteroatoms. The molecule has 74 valence electrons. The molecular formula is C12H15NO. The van der Waals surface area contributed by atoms with Crippen LogP contribution in [0.15, 0.2) is 18.2 Å². The lowest BCUT2D eigenvalue weighted by Gasteiger charge is -2.05. The zero-order valence-corrected chi connectivity index (χ0v) is 8.87. The molecule has 1 aliphatic heterocycles. The molecule has 1 aromatic carbocycles. The fourth-order valence-corrected chi connectivity index (χ4v) is 1.56. The first-order valence-corrected chi connectivity index (χ1v) is 4.98. The van der Waals surface area contributed by atoms with E-state index in [1.165, 1.54) is 11.1 Å². The van der Waals surface area contributed by atoms with Gasteiger partial charge < -0.3 is 4.90 Å². The number of benzene rings is 1. The van der Waals surface area contributed by atoms with Gasteiger partial charge in [0.2, 0.25) is 0 Å². The van der Waals surface area contributed by atoms with Crippen molar-refractivity contribution in [3.8, 4) is 0 Å². The van der Waals surface area contributed by atoms with Gasteiger partial charge in [0.15, 0.2) is 0 Å². The van der Waals surface area contributed by atoms with E-state index < -0.39 is 0 Å². The molecule has 2 nitrogen and oxygen atoms in total. The summed E-state index contributed by atoms with van der Waals surface area (Å²) in [6, 6.07) is 6.33. The van der Waals surface area contributed by atoms with Crippen LogP contribution in [0.4, 0.5) is 0 Å². The van der Waals surface area contributed by atoms with Crippen LogP contribution in [-0.4, -0.2) is 23.4 Å². The van der Waals surface area contributed by atoms with Gasteiger partial charge in [0.1, 0.15) is 0 Å². The predicted molar refractivity (Wildman–Crippen MR) is 56.4 cm³/mol. The minimum atomic E-state index is 0.167. The Kier molecular flexibility index (Phi) is 2.06. The van der Waals surface area contributed by atoms with Gasteiger partial charge in [-0.2, -0.15) is 0 Å². The van der Waals surface area contributed by atoms with Crippen LogP contribution in [0, 0.1) is 13.8 Å². The second-order valence-electron chi connectivity index (χ2n) is 4.11. The molecule has 0 aliphatic carbocycles. The molecule has 1 unspecified atom stereocenters. The number of aryl methyl sites for hydroxylation is 2. The summed E-state index contributed by atoms with van der Waals surface area (Å²) in [6.07, 6.45) is 0. The van der Waals surface area contributed by atoms with E-state index in [0.29, 0.717) is 6.04 Å². The molecule has 1 fully saturated rings. The van der Waals surface area contributed by atoms with Gasteiger partial charge >= 0.3 is 0 Å². The van der Waals surface area contributed by atoms with Crippen LogP contribution in [0.5, 0.6) is 0 Å². The standard InChI is InChI=1S/C12H15NO/c1-8-4-5-11(6-9(8)2)12(14)13-7-10(13)3/h4-6,10H,7H2,1-3H3. The highest BCUT2D eigenvalue weighted by Crippen LogP contribution is 2.21. The second-order valence-corrected chi connectivity index (χ2v) is 4.11. The summed E-state index contributed by atoms with van der Waals surface area (Å²) in [7, 11) is 0. The zero-order valence-electron chi connectivity index (χ0n) is 8.87. The van der Waals surface area contributed by atoms with Gasteiger partial charge in [-0.1, -0.05) is 6.07 Å². The molecule has 0 bridgehead atoms. The topological polar surface area (TPSA) is 20.1 Å². The molecule has 1 atom stereocenters. The minimum absolute atomic E-state index is 0.167. The average molecular weight is 189 g/mol. The van der Waals surface area contributed by atoms with Crippen LogP contribution >= 0.6 is 0 Å². The van der Waals surface area contributed by atoms with Gasteiger partial charge in [0, 0.05) is 18.2 Å². The van der Waals surface area contributed by atoms with E-state index in [1.54, 1.807) is 0 Å². The van der Waals surface area contributed by atoms with E-state index in [1.807, 2.05) is 30.0 Å². The summed E-state index contributed by atoms with van der Waals surface area (Å²) >= 11 is 0. The van der Waals surface area contributed by atoms with Crippen molar-refractivity contribution in [3.63, 3.8) is 0 Å². The van der Waals surface area contributed by atoms with Crippen molar-refractivity contribution in [2.75, 3.05) is 6.54 Å². The number of amides is 1. The van der Waals surface area contributed by atoms with Crippen molar-refractivity contribution in [3.05, 3.63) is 34.9 Å². The lowest BCUT2D eigenvalue weighted by molar-refractivity contribution is 0.0876. The Hall–Kier alpha value is -1.31. The van der Waals surface area contributed by atoms with Gasteiger partial charge in [-0.25, -0.2) is 0 Å². The third kappa shape index (κ3) is 1.52. The van der Waals surface area contributed by atoms with Crippen molar-refractivity contribution in [2.45, 2.75) is 26.8 Å². The highest BCUT2D eigenvalue weighted by Gasteiger charge is 2.34. The summed E-state index contributed by atoms with van der Waals surface area (Å²) in [6.45, 7) is 7.08. The maximum absolute atomic E-state index is 11.8. The van der Waals surface area contributed by atoms with Crippen molar-refractivity contribution < 1.29 is 4.79 Å². The predicted octanol–water partition coefficient (Wildman–Crippen LogP) is 2.15. The van der Waals surface area contributed by atoms with Crippen LogP contribution < -0.4 is 0 Å². The molecule has 0 aromatic heterocycles. The summed E-state index contributed by atoms with van der Waals surface area (Å²) in [5.41, 5.74) is 3.24. The monoisotopic (exact) mass is 189 g/mol. The lowest BCUT2D eigenvalue weighted by atomic mass is 10.1. The van der Waals surface area contributed by atoms with Crippen LogP contribution in [0.2, 0.25) is 0 Å². The number of carbonyl (C=O) groups is 1. The molecular weight excluding hydrogens is 174 g/mol. The Labute approximate surface area is 84.5 Å². The quantitative estimate of drug-likeness (QED) is 0.620. The van der Waals surface area contributed by atoms with E-state index in [-0.39, 0.29) is 5.91 Å². The van der Waals surface area contributed by atoms with Gasteiger partial charge in [0.05, 0.1) is 0 Å². The van der Waals surface area contributed by atoms with Crippen molar-refractivity contribution in [1.29, 1.82) is 0 Å². The van der Waals surface area contributed by atoms with E-state index in [0.717, 1.165) is 12.1 Å². The molecule has 2 rings (SSSR count). The molecule has 1 saturated heterocycles. The van der Waals surface area contributed by atoms with Crippen molar-refractivity contribution >= 4 is 5.91 Å². The third-order valence-corrected chi connectivity index (χ3v) is 2.87. The molecule has 0 N–H and O–H groups in total. The maximum atomic E-state index is 11.8. The van der Waals surface area contributed by atoms with Gasteiger partial charge in [-0.05, 0) is 44.0 Å². The lowest BCUT2D eigenvalue weighted by Crippen LogP contribution is -2.12. The maximum Gasteiger partial charge on any atom is 0.254 e. The highest BCUT2D eigenvalue weighted by molar-refractivity contribution is 5.96. The zero-order chi connectivity index (χ0) is 10.3. The summed E-state index contributed by atoms with van der Waals surface area (Å²) in [4.78, 5) is 13.7. The Balaban J connectivity index is 2.24.